The summed E-state index contributed by atoms with van der Waals surface area (Å²) in [6.45, 7) is 6.24. The molecule has 0 atom stereocenters. The maximum absolute atomic E-state index is 6.41. The van der Waals surface area contributed by atoms with E-state index in [4.69, 9.17) is 10.5 Å². The predicted molar refractivity (Wildman–Crippen MR) is 122 cm³/mol. The van der Waals surface area contributed by atoms with Crippen LogP contribution in [0, 0.1) is 5.92 Å². The molecule has 0 saturated carbocycles. The number of ether oxygens (including phenoxy) is 1. The first-order valence-corrected chi connectivity index (χ1v) is 10.8. The maximum Gasteiger partial charge on any atom is 0.248 e. The standard InChI is InChI=1S/C25H30N4O/c1-18(2)21-8-10-22(11-9-21)30-25-23(26)24(27-17-28-25)29-14-12-20(13-15-29)16-19-6-4-3-5-7-19/h3-11,17-18,20H,12-16,26H2,1-2H3. The highest BCUT2D eigenvalue weighted by atomic mass is 16.5. The summed E-state index contributed by atoms with van der Waals surface area (Å²) in [6, 6.07) is 18.8. The summed E-state index contributed by atoms with van der Waals surface area (Å²) in [6.07, 6.45) is 4.94. The highest BCUT2D eigenvalue weighted by molar-refractivity contribution is 5.68. The first kappa shape index (κ1) is 20.2. The summed E-state index contributed by atoms with van der Waals surface area (Å²) in [4.78, 5) is 11.0. The average molecular weight is 403 g/mol. The van der Waals surface area contributed by atoms with Crippen molar-refractivity contribution in [2.75, 3.05) is 23.7 Å². The van der Waals surface area contributed by atoms with Crippen LogP contribution in [0.3, 0.4) is 0 Å². The van der Waals surface area contributed by atoms with Crippen LogP contribution in [0.1, 0.15) is 43.7 Å². The molecule has 0 spiro atoms. The normalized spacial score (nSPS) is 14.8. The molecule has 0 unspecified atom stereocenters. The third kappa shape index (κ3) is 4.73. The van der Waals surface area contributed by atoms with Gasteiger partial charge in [0.05, 0.1) is 0 Å². The van der Waals surface area contributed by atoms with Gasteiger partial charge in [-0.05, 0) is 54.4 Å². The fraction of sp³-hybridized carbons (Fsp3) is 0.360. The van der Waals surface area contributed by atoms with Crippen molar-refractivity contribution in [2.45, 2.75) is 39.0 Å². The van der Waals surface area contributed by atoms with E-state index in [1.54, 1.807) is 6.33 Å². The zero-order chi connectivity index (χ0) is 20.9. The monoisotopic (exact) mass is 402 g/mol. The molecule has 1 aromatic heterocycles. The largest absolute Gasteiger partial charge is 0.437 e. The lowest BCUT2D eigenvalue weighted by Crippen LogP contribution is -2.35. The van der Waals surface area contributed by atoms with Crippen molar-refractivity contribution in [3.8, 4) is 11.6 Å². The molecule has 5 heteroatoms. The van der Waals surface area contributed by atoms with Crippen LogP contribution in [-0.2, 0) is 6.42 Å². The molecule has 1 fully saturated rings. The topological polar surface area (TPSA) is 64.3 Å². The second kappa shape index (κ2) is 9.16. The van der Waals surface area contributed by atoms with Crippen molar-refractivity contribution in [3.63, 3.8) is 0 Å². The molecule has 2 N–H and O–H groups in total. The molecule has 1 aliphatic heterocycles. The van der Waals surface area contributed by atoms with Crippen molar-refractivity contribution in [1.29, 1.82) is 0 Å². The molecule has 2 aromatic carbocycles. The average Bonchev–Trinajstić information content (AvgIpc) is 2.77. The summed E-state index contributed by atoms with van der Waals surface area (Å²) >= 11 is 0. The zero-order valence-electron chi connectivity index (χ0n) is 17.8. The quantitative estimate of drug-likeness (QED) is 0.595. The van der Waals surface area contributed by atoms with Gasteiger partial charge in [-0.15, -0.1) is 0 Å². The number of nitrogen functional groups attached to an aromatic ring is 1. The van der Waals surface area contributed by atoms with Crippen LogP contribution in [0.25, 0.3) is 0 Å². The highest BCUT2D eigenvalue weighted by Crippen LogP contribution is 2.34. The number of hydrogen-bond acceptors (Lipinski definition) is 5. The van der Waals surface area contributed by atoms with Crippen molar-refractivity contribution in [3.05, 3.63) is 72.1 Å². The van der Waals surface area contributed by atoms with Gasteiger partial charge in [-0.1, -0.05) is 56.3 Å². The van der Waals surface area contributed by atoms with Crippen molar-refractivity contribution >= 4 is 11.5 Å². The minimum absolute atomic E-state index is 0.420. The third-order valence-electron chi connectivity index (χ3n) is 5.87. The van der Waals surface area contributed by atoms with Gasteiger partial charge in [-0.3, -0.25) is 0 Å². The summed E-state index contributed by atoms with van der Waals surface area (Å²) in [5, 5.41) is 0. The lowest BCUT2D eigenvalue weighted by molar-refractivity contribution is 0.401. The predicted octanol–water partition coefficient (Wildman–Crippen LogP) is 5.43. The van der Waals surface area contributed by atoms with Gasteiger partial charge in [0.1, 0.15) is 17.8 Å². The molecule has 3 aromatic rings. The number of aromatic nitrogens is 2. The number of anilines is 2. The van der Waals surface area contributed by atoms with E-state index >= 15 is 0 Å². The van der Waals surface area contributed by atoms with Crippen LogP contribution < -0.4 is 15.4 Å². The number of nitrogens with zero attached hydrogens (tertiary/aromatic N) is 3. The molecule has 30 heavy (non-hydrogen) atoms. The van der Waals surface area contributed by atoms with Crippen LogP contribution in [0.15, 0.2) is 60.9 Å². The van der Waals surface area contributed by atoms with E-state index < -0.39 is 0 Å². The molecule has 1 aliphatic rings. The highest BCUT2D eigenvalue weighted by Gasteiger charge is 2.23. The van der Waals surface area contributed by atoms with Gasteiger partial charge in [0, 0.05) is 13.1 Å². The molecule has 4 rings (SSSR count). The summed E-state index contributed by atoms with van der Waals surface area (Å²) in [5.41, 5.74) is 9.60. The molecule has 5 nitrogen and oxygen atoms in total. The molecular formula is C25H30N4O. The molecular weight excluding hydrogens is 372 g/mol. The van der Waals surface area contributed by atoms with Gasteiger partial charge in [0.25, 0.3) is 0 Å². The van der Waals surface area contributed by atoms with Gasteiger partial charge in [-0.2, -0.15) is 4.98 Å². The summed E-state index contributed by atoms with van der Waals surface area (Å²) in [7, 11) is 0. The fourth-order valence-corrected chi connectivity index (χ4v) is 4.03. The van der Waals surface area contributed by atoms with Crippen LogP contribution in [0.2, 0.25) is 0 Å². The van der Waals surface area contributed by atoms with Gasteiger partial charge < -0.3 is 15.4 Å². The molecule has 2 heterocycles. The Hall–Kier alpha value is -3.08. The number of nitrogens with two attached hydrogens (primary N) is 1. The van der Waals surface area contributed by atoms with Crippen LogP contribution >= 0.6 is 0 Å². The van der Waals surface area contributed by atoms with Gasteiger partial charge >= 0.3 is 0 Å². The third-order valence-corrected chi connectivity index (χ3v) is 5.87. The SMILES string of the molecule is CC(C)c1ccc(Oc2ncnc(N3CCC(Cc4ccccc4)CC3)c2N)cc1. The number of rotatable bonds is 6. The van der Waals surface area contributed by atoms with E-state index in [1.807, 2.05) is 12.1 Å². The second-order valence-corrected chi connectivity index (χ2v) is 8.36. The Balaban J connectivity index is 1.40. The molecule has 156 valence electrons. The van der Waals surface area contributed by atoms with Crippen molar-refractivity contribution in [2.24, 2.45) is 5.92 Å². The van der Waals surface area contributed by atoms with Gasteiger partial charge in [0.2, 0.25) is 5.88 Å². The van der Waals surface area contributed by atoms with Crippen LogP contribution in [-0.4, -0.2) is 23.1 Å². The Morgan fingerprint density at radius 3 is 2.37 bits per heavy atom. The Morgan fingerprint density at radius 2 is 1.70 bits per heavy atom. The van der Waals surface area contributed by atoms with Gasteiger partial charge in [0.15, 0.2) is 5.82 Å². The Morgan fingerprint density at radius 1 is 1.00 bits per heavy atom. The second-order valence-electron chi connectivity index (χ2n) is 8.36. The lowest BCUT2D eigenvalue weighted by Gasteiger charge is -2.33. The number of hydrogen-bond donors (Lipinski definition) is 1. The van der Waals surface area contributed by atoms with E-state index in [0.29, 0.717) is 23.4 Å². The lowest BCUT2D eigenvalue weighted by atomic mass is 9.90. The van der Waals surface area contributed by atoms with Crippen molar-refractivity contribution in [1.82, 2.24) is 9.97 Å². The Kier molecular flexibility index (Phi) is 6.17. The van der Waals surface area contributed by atoms with Crippen molar-refractivity contribution < 1.29 is 4.74 Å². The molecule has 1 saturated heterocycles. The summed E-state index contributed by atoms with van der Waals surface area (Å²) < 4.78 is 5.97. The van der Waals surface area contributed by atoms with E-state index in [0.717, 1.165) is 43.9 Å². The Bertz CT molecular complexity index is 949. The van der Waals surface area contributed by atoms with Crippen LogP contribution in [0.5, 0.6) is 11.6 Å². The minimum Gasteiger partial charge on any atom is -0.437 e. The first-order chi connectivity index (χ1) is 14.6. The van der Waals surface area contributed by atoms with Gasteiger partial charge in [-0.25, -0.2) is 4.98 Å². The Labute approximate surface area is 178 Å². The van der Waals surface area contributed by atoms with Crippen LogP contribution in [0.4, 0.5) is 11.5 Å². The first-order valence-electron chi connectivity index (χ1n) is 10.8. The smallest absolute Gasteiger partial charge is 0.248 e. The minimum atomic E-state index is 0.420. The number of piperidine rings is 1. The summed E-state index contributed by atoms with van der Waals surface area (Å²) in [5.74, 6) is 3.11. The zero-order valence-corrected chi connectivity index (χ0v) is 17.8. The van der Waals surface area contributed by atoms with E-state index in [9.17, 15) is 0 Å². The molecule has 0 radical (unpaired) electrons. The molecule has 0 bridgehead atoms. The van der Waals surface area contributed by atoms with E-state index in [2.05, 4.69) is 71.2 Å². The number of benzene rings is 2. The van der Waals surface area contributed by atoms with E-state index in [1.165, 1.54) is 11.1 Å². The molecule has 0 aliphatic carbocycles. The fourth-order valence-electron chi connectivity index (χ4n) is 4.03. The molecule has 0 amide bonds. The maximum atomic E-state index is 6.41. The van der Waals surface area contributed by atoms with E-state index in [-0.39, 0.29) is 0 Å².